The Morgan fingerprint density at radius 3 is 2.47 bits per heavy atom. The molecule has 30 heavy (non-hydrogen) atoms. The third kappa shape index (κ3) is 4.32. The average molecular weight is 409 g/mol. The molecule has 2 aromatic heterocycles. The van der Waals surface area contributed by atoms with Crippen LogP contribution < -0.4 is 19.7 Å². The van der Waals surface area contributed by atoms with Crippen LogP contribution in [0, 0.1) is 5.92 Å². The number of carbonyl (C=O) groups is 1. The molecule has 0 saturated carbocycles. The van der Waals surface area contributed by atoms with E-state index in [-0.39, 0.29) is 11.8 Å². The summed E-state index contributed by atoms with van der Waals surface area (Å²) in [4.78, 5) is 18.9. The van der Waals surface area contributed by atoms with Crippen LogP contribution in [0.25, 0.3) is 5.82 Å². The van der Waals surface area contributed by atoms with E-state index in [1.807, 2.05) is 12.1 Å². The highest BCUT2D eigenvalue weighted by atomic mass is 16.5. The second-order valence-corrected chi connectivity index (χ2v) is 6.97. The van der Waals surface area contributed by atoms with E-state index in [0.29, 0.717) is 29.5 Å². The highest BCUT2D eigenvalue weighted by Crippen LogP contribution is 2.27. The van der Waals surface area contributed by atoms with Gasteiger partial charge in [0.1, 0.15) is 24.2 Å². The standard InChI is InChI=1S/C20H23N7O3/c1-29-16-8-15(9-17(10-16)30-2)23-20(28)14-4-3-7-26(11-14)18-5-6-19(25-24-18)27-13-21-12-22-27/h5-6,8-10,12-14H,3-4,7,11H2,1-2H3,(H,23,28). The third-order valence-electron chi connectivity index (χ3n) is 5.03. The maximum absolute atomic E-state index is 12.9. The topological polar surface area (TPSA) is 107 Å². The van der Waals surface area contributed by atoms with Gasteiger partial charge in [0.05, 0.1) is 20.1 Å². The fraction of sp³-hybridized carbons (Fsp3) is 0.350. The molecule has 1 fully saturated rings. The Hall–Kier alpha value is -3.69. The van der Waals surface area contributed by atoms with Crippen molar-refractivity contribution in [1.29, 1.82) is 0 Å². The van der Waals surface area contributed by atoms with Crippen molar-refractivity contribution in [2.75, 3.05) is 37.5 Å². The number of hydrogen-bond donors (Lipinski definition) is 1. The second kappa shape index (κ2) is 8.76. The van der Waals surface area contributed by atoms with Crippen LogP contribution >= 0.6 is 0 Å². The number of hydrogen-bond acceptors (Lipinski definition) is 8. The predicted molar refractivity (Wildman–Crippen MR) is 110 cm³/mol. The Kier molecular flexibility index (Phi) is 5.73. The van der Waals surface area contributed by atoms with Gasteiger partial charge in [0.2, 0.25) is 5.91 Å². The molecule has 4 rings (SSSR count). The summed E-state index contributed by atoms with van der Waals surface area (Å²) in [7, 11) is 3.16. The first-order valence-corrected chi connectivity index (χ1v) is 9.64. The molecule has 10 heteroatoms. The lowest BCUT2D eigenvalue weighted by atomic mass is 9.97. The van der Waals surface area contributed by atoms with Gasteiger partial charge in [-0.25, -0.2) is 9.67 Å². The fourth-order valence-electron chi connectivity index (χ4n) is 3.46. The van der Waals surface area contributed by atoms with Crippen LogP contribution in [0.15, 0.2) is 43.0 Å². The lowest BCUT2D eigenvalue weighted by molar-refractivity contribution is -0.120. The zero-order valence-corrected chi connectivity index (χ0v) is 16.9. The van der Waals surface area contributed by atoms with Gasteiger partial charge in [0.25, 0.3) is 0 Å². The van der Waals surface area contributed by atoms with Crippen LogP contribution in [-0.4, -0.2) is 58.2 Å². The number of ether oxygens (including phenoxy) is 2. The minimum atomic E-state index is -0.160. The molecule has 0 bridgehead atoms. The summed E-state index contributed by atoms with van der Waals surface area (Å²) in [6.45, 7) is 1.40. The molecule has 0 radical (unpaired) electrons. The number of amides is 1. The summed E-state index contributed by atoms with van der Waals surface area (Å²) in [5, 5.41) is 15.5. The van der Waals surface area contributed by atoms with Gasteiger partial charge < -0.3 is 19.7 Å². The van der Waals surface area contributed by atoms with Crippen molar-refractivity contribution in [3.63, 3.8) is 0 Å². The number of nitrogens with one attached hydrogen (secondary N) is 1. The molecular formula is C20H23N7O3. The Bertz CT molecular complexity index is 970. The van der Waals surface area contributed by atoms with Crippen LogP contribution in [0.4, 0.5) is 11.5 Å². The number of methoxy groups -OCH3 is 2. The monoisotopic (exact) mass is 409 g/mol. The Morgan fingerprint density at radius 2 is 1.83 bits per heavy atom. The van der Waals surface area contributed by atoms with E-state index in [2.05, 4.69) is 30.5 Å². The van der Waals surface area contributed by atoms with Crippen LogP contribution in [0.3, 0.4) is 0 Å². The summed E-state index contributed by atoms with van der Waals surface area (Å²) < 4.78 is 12.1. The lowest BCUT2D eigenvalue weighted by Crippen LogP contribution is -2.41. The molecule has 1 aliphatic rings. The highest BCUT2D eigenvalue weighted by molar-refractivity contribution is 5.93. The van der Waals surface area contributed by atoms with E-state index < -0.39 is 0 Å². The second-order valence-electron chi connectivity index (χ2n) is 6.97. The summed E-state index contributed by atoms with van der Waals surface area (Å²) in [5.41, 5.74) is 0.644. The number of nitrogens with zero attached hydrogens (tertiary/aromatic N) is 6. The molecule has 1 aromatic carbocycles. The van der Waals surface area contributed by atoms with Crippen molar-refractivity contribution in [3.8, 4) is 17.3 Å². The molecular weight excluding hydrogens is 386 g/mol. The quantitative estimate of drug-likeness (QED) is 0.658. The van der Waals surface area contributed by atoms with Gasteiger partial charge in [-0.05, 0) is 25.0 Å². The molecule has 1 atom stereocenters. The van der Waals surface area contributed by atoms with Crippen molar-refractivity contribution >= 4 is 17.4 Å². The van der Waals surface area contributed by atoms with Gasteiger partial charge in [-0.2, -0.15) is 5.10 Å². The van der Waals surface area contributed by atoms with Gasteiger partial charge in [0, 0.05) is 37.0 Å². The zero-order chi connectivity index (χ0) is 20.9. The summed E-state index contributed by atoms with van der Waals surface area (Å²) in [6, 6.07) is 9.03. The molecule has 156 valence electrons. The lowest BCUT2D eigenvalue weighted by Gasteiger charge is -2.32. The van der Waals surface area contributed by atoms with Crippen LogP contribution in [0.2, 0.25) is 0 Å². The normalized spacial score (nSPS) is 16.2. The summed E-state index contributed by atoms with van der Waals surface area (Å²) >= 11 is 0. The molecule has 3 heterocycles. The zero-order valence-electron chi connectivity index (χ0n) is 16.9. The smallest absolute Gasteiger partial charge is 0.229 e. The molecule has 1 amide bonds. The number of anilines is 2. The van der Waals surface area contributed by atoms with Gasteiger partial charge in [-0.1, -0.05) is 0 Å². The number of benzene rings is 1. The van der Waals surface area contributed by atoms with Gasteiger partial charge in [-0.15, -0.1) is 10.2 Å². The maximum atomic E-state index is 12.9. The first-order chi connectivity index (χ1) is 14.7. The first-order valence-electron chi connectivity index (χ1n) is 9.64. The molecule has 10 nitrogen and oxygen atoms in total. The number of aromatic nitrogens is 5. The molecule has 1 N–H and O–H groups in total. The molecule has 1 unspecified atom stereocenters. The Labute approximate surface area is 173 Å². The van der Waals surface area contributed by atoms with Crippen molar-refractivity contribution < 1.29 is 14.3 Å². The van der Waals surface area contributed by atoms with Crippen LogP contribution in [0.1, 0.15) is 12.8 Å². The molecule has 1 saturated heterocycles. The maximum Gasteiger partial charge on any atom is 0.229 e. The van der Waals surface area contributed by atoms with Crippen molar-refractivity contribution in [2.24, 2.45) is 5.92 Å². The molecule has 0 aliphatic carbocycles. The Balaban J connectivity index is 1.43. The first kappa shape index (κ1) is 19.6. The average Bonchev–Trinajstić information content (AvgIpc) is 3.34. The van der Waals surface area contributed by atoms with E-state index in [1.165, 1.54) is 6.33 Å². The third-order valence-corrected chi connectivity index (χ3v) is 5.03. The molecule has 0 spiro atoms. The van der Waals surface area contributed by atoms with Crippen LogP contribution in [-0.2, 0) is 4.79 Å². The predicted octanol–water partition coefficient (Wildman–Crippen LogP) is 1.93. The van der Waals surface area contributed by atoms with E-state index in [0.717, 1.165) is 25.2 Å². The van der Waals surface area contributed by atoms with Gasteiger partial charge in [0.15, 0.2) is 11.6 Å². The molecule has 1 aliphatic heterocycles. The number of rotatable bonds is 6. The largest absolute Gasteiger partial charge is 0.497 e. The van der Waals surface area contributed by atoms with Crippen molar-refractivity contribution in [3.05, 3.63) is 43.0 Å². The minimum absolute atomic E-state index is 0.0396. The van der Waals surface area contributed by atoms with E-state index in [9.17, 15) is 4.79 Å². The van der Waals surface area contributed by atoms with E-state index >= 15 is 0 Å². The SMILES string of the molecule is COc1cc(NC(=O)C2CCCN(c3ccc(-n4cncn4)nn3)C2)cc(OC)c1. The minimum Gasteiger partial charge on any atom is -0.497 e. The van der Waals surface area contributed by atoms with Gasteiger partial charge in [-0.3, -0.25) is 4.79 Å². The number of piperidine rings is 1. The summed E-state index contributed by atoms with van der Waals surface area (Å²) in [6.07, 6.45) is 4.72. The van der Waals surface area contributed by atoms with E-state index in [1.54, 1.807) is 43.4 Å². The highest BCUT2D eigenvalue weighted by Gasteiger charge is 2.27. The van der Waals surface area contributed by atoms with Gasteiger partial charge >= 0.3 is 0 Å². The Morgan fingerprint density at radius 1 is 1.10 bits per heavy atom. The van der Waals surface area contributed by atoms with E-state index in [4.69, 9.17) is 9.47 Å². The fourth-order valence-corrected chi connectivity index (χ4v) is 3.46. The molecule has 3 aromatic rings. The van der Waals surface area contributed by atoms with Crippen molar-refractivity contribution in [1.82, 2.24) is 25.0 Å². The number of carbonyl (C=O) groups excluding carboxylic acids is 1. The summed E-state index contributed by atoms with van der Waals surface area (Å²) in [5.74, 6) is 2.37. The van der Waals surface area contributed by atoms with Crippen LogP contribution in [0.5, 0.6) is 11.5 Å². The van der Waals surface area contributed by atoms with Crippen molar-refractivity contribution in [2.45, 2.75) is 12.8 Å².